The Morgan fingerprint density at radius 2 is 2.24 bits per heavy atom. The number of nitrogens with two attached hydrogens (primary N) is 1. The van der Waals surface area contributed by atoms with Gasteiger partial charge in [-0.2, -0.15) is 0 Å². The molecule has 88 valence electrons. The predicted molar refractivity (Wildman–Crippen MR) is 69.2 cm³/mol. The Balaban J connectivity index is 2.50. The number of likely N-dealkylation sites (N-methyl/N-ethyl adjacent to an activating group) is 1. The molecule has 4 nitrogen and oxygen atoms in total. The zero-order valence-electron chi connectivity index (χ0n) is 9.35. The summed E-state index contributed by atoms with van der Waals surface area (Å²) in [7, 11) is 1.81. The lowest BCUT2D eigenvalue weighted by Crippen LogP contribution is -2.30. The Bertz CT molecular complexity index is 571. The number of benzene rings is 1. The molecule has 1 aromatic carbocycles. The summed E-state index contributed by atoms with van der Waals surface area (Å²) in [5.74, 6) is -0.369. The molecule has 2 aromatic rings. The average molecular weight is 250 g/mol. The maximum Gasteiger partial charge on any atom is 0.236 e. The number of anilines is 1. The number of carbonyl (C=O) groups excluding carboxylic acids is 1. The van der Waals surface area contributed by atoms with Crippen LogP contribution in [0.15, 0.2) is 30.5 Å². The summed E-state index contributed by atoms with van der Waals surface area (Å²) in [5, 5.41) is 1.58. The van der Waals surface area contributed by atoms with Gasteiger partial charge in [0.2, 0.25) is 5.91 Å². The van der Waals surface area contributed by atoms with E-state index in [1.165, 1.54) is 0 Å². The van der Waals surface area contributed by atoms with Crippen molar-refractivity contribution >= 4 is 34.1 Å². The molecule has 0 unspecified atom stereocenters. The number of halogens is 1. The minimum absolute atomic E-state index is 0.168. The van der Waals surface area contributed by atoms with Crippen molar-refractivity contribution in [1.82, 2.24) is 4.98 Å². The maximum absolute atomic E-state index is 10.9. The van der Waals surface area contributed by atoms with Crippen molar-refractivity contribution in [1.29, 1.82) is 0 Å². The molecule has 0 saturated carbocycles. The Hall–Kier alpha value is -1.81. The fraction of sp³-hybridized carbons (Fsp3) is 0.167. The van der Waals surface area contributed by atoms with Crippen LogP contribution in [-0.4, -0.2) is 24.5 Å². The molecular formula is C12H12ClN3O. The molecule has 2 N–H and O–H groups in total. The minimum Gasteiger partial charge on any atom is -0.368 e. The van der Waals surface area contributed by atoms with E-state index in [0.717, 1.165) is 16.6 Å². The van der Waals surface area contributed by atoms with Crippen LogP contribution >= 0.6 is 11.6 Å². The Morgan fingerprint density at radius 3 is 2.94 bits per heavy atom. The van der Waals surface area contributed by atoms with Crippen LogP contribution in [-0.2, 0) is 4.79 Å². The van der Waals surface area contributed by atoms with Crippen LogP contribution in [0.5, 0.6) is 0 Å². The summed E-state index contributed by atoms with van der Waals surface area (Å²) in [4.78, 5) is 16.9. The fourth-order valence-corrected chi connectivity index (χ4v) is 1.92. The van der Waals surface area contributed by atoms with Crippen molar-refractivity contribution in [3.05, 3.63) is 35.5 Å². The van der Waals surface area contributed by atoms with Gasteiger partial charge in [0.05, 0.1) is 12.1 Å². The first-order chi connectivity index (χ1) is 8.08. The van der Waals surface area contributed by atoms with E-state index in [-0.39, 0.29) is 12.5 Å². The summed E-state index contributed by atoms with van der Waals surface area (Å²) in [5.41, 5.74) is 6.89. The minimum atomic E-state index is -0.369. The topological polar surface area (TPSA) is 59.2 Å². The number of nitrogens with zero attached hydrogens (tertiary/aromatic N) is 2. The van der Waals surface area contributed by atoms with Crippen LogP contribution < -0.4 is 10.6 Å². The van der Waals surface area contributed by atoms with Gasteiger partial charge in [-0.3, -0.25) is 9.78 Å². The number of carbonyl (C=O) groups is 1. The molecule has 17 heavy (non-hydrogen) atoms. The standard InChI is InChI=1S/C12H12ClN3O/c1-16(7-12(14)17)11-4-5-15-10-6-8(13)2-3-9(10)11/h2-6H,7H2,1H3,(H2,14,17). The summed E-state index contributed by atoms with van der Waals surface area (Å²) in [6, 6.07) is 7.32. The Morgan fingerprint density at radius 1 is 1.47 bits per heavy atom. The van der Waals surface area contributed by atoms with Gasteiger partial charge in [0.1, 0.15) is 0 Å². The normalized spacial score (nSPS) is 10.5. The van der Waals surface area contributed by atoms with E-state index in [2.05, 4.69) is 4.98 Å². The summed E-state index contributed by atoms with van der Waals surface area (Å²) >= 11 is 5.91. The molecule has 2 rings (SSSR count). The molecule has 0 aliphatic heterocycles. The highest BCUT2D eigenvalue weighted by atomic mass is 35.5. The van der Waals surface area contributed by atoms with Crippen molar-refractivity contribution < 1.29 is 4.79 Å². The van der Waals surface area contributed by atoms with Crippen molar-refractivity contribution in [2.75, 3.05) is 18.5 Å². The first-order valence-corrected chi connectivity index (χ1v) is 5.49. The fourth-order valence-electron chi connectivity index (χ4n) is 1.76. The van der Waals surface area contributed by atoms with Gasteiger partial charge in [-0.25, -0.2) is 0 Å². The van der Waals surface area contributed by atoms with E-state index in [1.54, 1.807) is 23.2 Å². The number of hydrogen-bond donors (Lipinski definition) is 1. The molecule has 0 atom stereocenters. The lowest BCUT2D eigenvalue weighted by molar-refractivity contribution is -0.116. The van der Waals surface area contributed by atoms with Crippen molar-refractivity contribution in [3.63, 3.8) is 0 Å². The highest BCUT2D eigenvalue weighted by Crippen LogP contribution is 2.26. The SMILES string of the molecule is CN(CC(N)=O)c1ccnc2cc(Cl)ccc12. The third-order valence-electron chi connectivity index (χ3n) is 2.49. The molecule has 0 spiro atoms. The van der Waals surface area contributed by atoms with Crippen LogP contribution in [0.25, 0.3) is 10.9 Å². The highest BCUT2D eigenvalue weighted by molar-refractivity contribution is 6.31. The molecule has 1 heterocycles. The van der Waals surface area contributed by atoms with Gasteiger partial charge < -0.3 is 10.6 Å². The van der Waals surface area contributed by atoms with Crippen molar-refractivity contribution in [2.45, 2.75) is 0 Å². The predicted octanol–water partition coefficient (Wildman–Crippen LogP) is 1.81. The second-order valence-electron chi connectivity index (χ2n) is 3.81. The maximum atomic E-state index is 10.9. The van der Waals surface area contributed by atoms with Crippen LogP contribution in [0, 0.1) is 0 Å². The van der Waals surface area contributed by atoms with Crippen LogP contribution in [0.1, 0.15) is 0 Å². The van der Waals surface area contributed by atoms with E-state index < -0.39 is 0 Å². The number of fused-ring (bicyclic) bond motifs is 1. The summed E-state index contributed by atoms with van der Waals surface area (Å²) in [6.07, 6.45) is 1.69. The second kappa shape index (κ2) is 4.59. The third kappa shape index (κ3) is 2.47. The van der Waals surface area contributed by atoms with E-state index in [9.17, 15) is 4.79 Å². The summed E-state index contributed by atoms with van der Waals surface area (Å²) in [6.45, 7) is 0.168. The lowest BCUT2D eigenvalue weighted by atomic mass is 10.2. The number of amides is 1. The van der Waals surface area contributed by atoms with Crippen LogP contribution in [0.4, 0.5) is 5.69 Å². The molecule has 0 aliphatic carbocycles. The first kappa shape index (κ1) is 11.7. The van der Waals surface area contributed by atoms with E-state index in [0.29, 0.717) is 5.02 Å². The van der Waals surface area contributed by atoms with Crippen LogP contribution in [0.2, 0.25) is 5.02 Å². The van der Waals surface area contributed by atoms with Gasteiger partial charge in [0.25, 0.3) is 0 Å². The number of rotatable bonds is 3. The first-order valence-electron chi connectivity index (χ1n) is 5.11. The molecule has 0 radical (unpaired) electrons. The van der Waals surface area contributed by atoms with E-state index in [1.807, 2.05) is 19.2 Å². The zero-order chi connectivity index (χ0) is 12.4. The second-order valence-corrected chi connectivity index (χ2v) is 4.25. The van der Waals surface area contributed by atoms with E-state index >= 15 is 0 Å². The van der Waals surface area contributed by atoms with Crippen molar-refractivity contribution in [2.24, 2.45) is 5.73 Å². The molecule has 0 fully saturated rings. The van der Waals surface area contributed by atoms with E-state index in [4.69, 9.17) is 17.3 Å². The highest BCUT2D eigenvalue weighted by Gasteiger charge is 2.08. The quantitative estimate of drug-likeness (QED) is 0.903. The van der Waals surface area contributed by atoms with Gasteiger partial charge in [-0.15, -0.1) is 0 Å². The van der Waals surface area contributed by atoms with Crippen LogP contribution in [0.3, 0.4) is 0 Å². The van der Waals surface area contributed by atoms with Gasteiger partial charge in [-0.1, -0.05) is 11.6 Å². The average Bonchev–Trinajstić information content (AvgIpc) is 2.26. The largest absolute Gasteiger partial charge is 0.368 e. The molecule has 0 aliphatic rings. The molecular weight excluding hydrogens is 238 g/mol. The summed E-state index contributed by atoms with van der Waals surface area (Å²) < 4.78 is 0. The number of pyridine rings is 1. The molecule has 0 bridgehead atoms. The van der Waals surface area contributed by atoms with Gasteiger partial charge >= 0.3 is 0 Å². The van der Waals surface area contributed by atoms with Crippen molar-refractivity contribution in [3.8, 4) is 0 Å². The smallest absolute Gasteiger partial charge is 0.236 e. The van der Waals surface area contributed by atoms with Gasteiger partial charge in [0.15, 0.2) is 0 Å². The van der Waals surface area contributed by atoms with Gasteiger partial charge in [0, 0.05) is 29.3 Å². The molecule has 5 heteroatoms. The molecule has 1 aromatic heterocycles. The van der Waals surface area contributed by atoms with Gasteiger partial charge in [-0.05, 0) is 24.3 Å². The third-order valence-corrected chi connectivity index (χ3v) is 2.72. The lowest BCUT2D eigenvalue weighted by Gasteiger charge is -2.19. The molecule has 1 amide bonds. The Labute approximate surface area is 104 Å². The number of primary amides is 1. The Kier molecular flexibility index (Phi) is 3.15. The molecule has 0 saturated heterocycles. The zero-order valence-corrected chi connectivity index (χ0v) is 10.1. The number of aromatic nitrogens is 1. The monoisotopic (exact) mass is 249 g/mol. The number of hydrogen-bond acceptors (Lipinski definition) is 3.